The fraction of sp³-hybridized carbons (Fsp3) is 0.100. The molecule has 2 aromatic carbocycles. The molecule has 0 fully saturated rings. The van der Waals surface area contributed by atoms with Crippen molar-refractivity contribution in [2.45, 2.75) is 12.4 Å². The summed E-state index contributed by atoms with van der Waals surface area (Å²) in [5.41, 5.74) is -5.64. The fourth-order valence-electron chi connectivity index (χ4n) is 2.73. The van der Waals surface area contributed by atoms with Crippen LogP contribution in [0.15, 0.2) is 57.9 Å². The monoisotopic (exact) mass is 582 g/mol. The number of halogens is 8. The van der Waals surface area contributed by atoms with Gasteiger partial charge in [0.2, 0.25) is 0 Å². The van der Waals surface area contributed by atoms with Crippen LogP contribution < -0.4 is 16.2 Å². The van der Waals surface area contributed by atoms with E-state index < -0.39 is 51.1 Å². The van der Waals surface area contributed by atoms with Crippen molar-refractivity contribution in [3.63, 3.8) is 0 Å². The first-order valence-electron chi connectivity index (χ1n) is 9.13. The number of anilines is 1. The predicted molar refractivity (Wildman–Crippen MR) is 115 cm³/mol. The van der Waals surface area contributed by atoms with Crippen molar-refractivity contribution < 1.29 is 35.9 Å². The van der Waals surface area contributed by atoms with Crippen molar-refractivity contribution in [2.75, 3.05) is 5.32 Å². The Kier molecular flexibility index (Phi) is 7.26. The van der Waals surface area contributed by atoms with E-state index in [1.165, 1.54) is 18.2 Å². The molecule has 184 valence electrons. The third-order valence-corrected chi connectivity index (χ3v) is 5.43. The third-order valence-electron chi connectivity index (χ3n) is 4.33. The first-order valence-corrected chi connectivity index (χ1v) is 10.3. The van der Waals surface area contributed by atoms with Crippen LogP contribution in [0.3, 0.4) is 0 Å². The minimum absolute atomic E-state index is 0.0260. The van der Waals surface area contributed by atoms with Gasteiger partial charge in [0.15, 0.2) is 0 Å². The molecule has 1 heterocycles. The van der Waals surface area contributed by atoms with E-state index in [1.54, 1.807) is 6.07 Å². The number of alkyl halides is 6. The second-order valence-electron chi connectivity index (χ2n) is 6.74. The minimum Gasteiger partial charge on any atom is -0.305 e. The number of hydrogen-bond donors (Lipinski definition) is 2. The van der Waals surface area contributed by atoms with Gasteiger partial charge in [0.05, 0.1) is 39.3 Å². The predicted octanol–water partition coefficient (Wildman–Crippen LogP) is 5.65. The third kappa shape index (κ3) is 6.00. The summed E-state index contributed by atoms with van der Waals surface area (Å²) in [4.78, 5) is 36.9. The molecule has 3 rings (SSSR count). The Hall–Kier alpha value is -3.39. The van der Waals surface area contributed by atoms with Crippen LogP contribution in [0.5, 0.6) is 0 Å². The molecule has 35 heavy (non-hydrogen) atoms. The second kappa shape index (κ2) is 9.70. The minimum atomic E-state index is -5.13. The van der Waals surface area contributed by atoms with Crippen LogP contribution in [-0.2, 0) is 12.4 Å². The molecular weight excluding hydrogens is 574 g/mol. The number of hydrogen-bond acceptors (Lipinski definition) is 4. The van der Waals surface area contributed by atoms with E-state index in [0.717, 1.165) is 6.20 Å². The molecule has 0 bridgehead atoms. The lowest BCUT2D eigenvalue weighted by atomic mass is 10.1. The number of urea groups is 1. The molecule has 3 amide bonds. The van der Waals surface area contributed by atoms with Crippen LogP contribution in [0.1, 0.15) is 21.5 Å². The molecule has 0 saturated carbocycles. The molecule has 0 saturated heterocycles. The number of aromatic nitrogens is 2. The van der Waals surface area contributed by atoms with Gasteiger partial charge in [-0.3, -0.25) is 14.9 Å². The molecule has 0 aliphatic carbocycles. The zero-order chi connectivity index (χ0) is 26.1. The van der Waals surface area contributed by atoms with E-state index in [-0.39, 0.29) is 27.0 Å². The van der Waals surface area contributed by atoms with Crippen molar-refractivity contribution in [1.29, 1.82) is 0 Å². The quantitative estimate of drug-likeness (QED) is 0.390. The van der Waals surface area contributed by atoms with Gasteiger partial charge < -0.3 is 5.32 Å². The zero-order valence-electron chi connectivity index (χ0n) is 16.8. The van der Waals surface area contributed by atoms with E-state index in [0.29, 0.717) is 12.1 Å². The Morgan fingerprint density at radius 2 is 1.54 bits per heavy atom. The lowest BCUT2D eigenvalue weighted by molar-refractivity contribution is -0.143. The highest BCUT2D eigenvalue weighted by atomic mass is 79.9. The van der Waals surface area contributed by atoms with Crippen LogP contribution in [0, 0.1) is 0 Å². The van der Waals surface area contributed by atoms with Gasteiger partial charge >= 0.3 is 18.4 Å². The van der Waals surface area contributed by atoms with Crippen molar-refractivity contribution >= 4 is 45.2 Å². The van der Waals surface area contributed by atoms with Crippen molar-refractivity contribution in [1.82, 2.24) is 15.1 Å². The van der Waals surface area contributed by atoms with E-state index >= 15 is 0 Å². The number of carbonyl (C=O) groups excluding carboxylic acids is 2. The highest BCUT2D eigenvalue weighted by Gasteiger charge is 2.37. The van der Waals surface area contributed by atoms with Gasteiger partial charge in [0, 0.05) is 0 Å². The van der Waals surface area contributed by atoms with Gasteiger partial charge in [0.25, 0.3) is 11.5 Å². The average Bonchev–Trinajstić information content (AvgIpc) is 2.75. The largest absolute Gasteiger partial charge is 0.416 e. The Labute approximate surface area is 204 Å². The summed E-state index contributed by atoms with van der Waals surface area (Å²) in [6, 6.07) is 5.22. The van der Waals surface area contributed by atoms with Crippen LogP contribution >= 0.6 is 27.5 Å². The van der Waals surface area contributed by atoms with Gasteiger partial charge in [-0.05, 0) is 46.3 Å². The van der Waals surface area contributed by atoms with Gasteiger partial charge in [-0.2, -0.15) is 36.1 Å². The first kappa shape index (κ1) is 26.2. The number of amides is 3. The average molecular weight is 584 g/mol. The van der Waals surface area contributed by atoms with E-state index in [2.05, 4.69) is 26.3 Å². The highest BCUT2D eigenvalue weighted by molar-refractivity contribution is 9.10. The van der Waals surface area contributed by atoms with Crippen molar-refractivity contribution in [3.05, 3.63) is 85.2 Å². The van der Waals surface area contributed by atoms with E-state index in [1.807, 2.05) is 5.32 Å². The molecule has 1 aromatic heterocycles. The molecule has 7 nitrogen and oxygen atoms in total. The topological polar surface area (TPSA) is 93.1 Å². The van der Waals surface area contributed by atoms with Crippen molar-refractivity contribution in [3.8, 4) is 5.69 Å². The number of nitrogens with zero attached hydrogens (tertiary/aromatic N) is 2. The molecule has 0 atom stereocenters. The molecule has 0 aliphatic heterocycles. The summed E-state index contributed by atoms with van der Waals surface area (Å²) >= 11 is 8.70. The summed E-state index contributed by atoms with van der Waals surface area (Å²) < 4.78 is 78.5. The van der Waals surface area contributed by atoms with Crippen LogP contribution in [0.25, 0.3) is 5.69 Å². The zero-order valence-corrected chi connectivity index (χ0v) is 19.1. The molecule has 0 unspecified atom stereocenters. The Bertz CT molecular complexity index is 1340. The summed E-state index contributed by atoms with van der Waals surface area (Å²) in [6.45, 7) is 0. The molecule has 15 heteroatoms. The van der Waals surface area contributed by atoms with Gasteiger partial charge in [0.1, 0.15) is 4.47 Å². The molecule has 0 aliphatic rings. The SMILES string of the molecule is O=C(NC(=O)c1ccccc1Cl)Nc1cnn(-c2cc(C(F)(F)F)cc(C(F)(F)F)c2)c(=O)c1Br. The molecule has 2 N–H and O–H groups in total. The number of nitrogens with one attached hydrogen (secondary N) is 2. The van der Waals surface area contributed by atoms with E-state index in [9.17, 15) is 40.7 Å². The maximum atomic E-state index is 13.1. The normalized spacial score (nSPS) is 11.8. The number of benzene rings is 2. The van der Waals surface area contributed by atoms with Crippen LogP contribution in [0.4, 0.5) is 36.8 Å². The van der Waals surface area contributed by atoms with Gasteiger partial charge in [-0.15, -0.1) is 0 Å². The smallest absolute Gasteiger partial charge is 0.305 e. The molecule has 0 spiro atoms. The van der Waals surface area contributed by atoms with Crippen molar-refractivity contribution in [2.24, 2.45) is 0 Å². The number of rotatable bonds is 3. The molecular formula is C20H10BrClF6N4O3. The Balaban J connectivity index is 1.92. The second-order valence-corrected chi connectivity index (χ2v) is 7.94. The van der Waals surface area contributed by atoms with E-state index in [4.69, 9.17) is 11.6 Å². The first-order chi connectivity index (χ1) is 16.2. The lowest BCUT2D eigenvalue weighted by Crippen LogP contribution is -2.35. The Morgan fingerprint density at radius 1 is 0.971 bits per heavy atom. The molecule has 3 aromatic rings. The number of imide groups is 1. The van der Waals surface area contributed by atoms with Crippen LogP contribution in [0.2, 0.25) is 5.02 Å². The fourth-order valence-corrected chi connectivity index (χ4v) is 3.32. The highest BCUT2D eigenvalue weighted by Crippen LogP contribution is 2.37. The maximum Gasteiger partial charge on any atom is 0.416 e. The summed E-state index contributed by atoms with van der Waals surface area (Å²) in [6.07, 6.45) is -9.48. The number of carbonyl (C=O) groups is 2. The summed E-state index contributed by atoms with van der Waals surface area (Å²) in [5, 5.41) is 7.68. The van der Waals surface area contributed by atoms with Gasteiger partial charge in [-0.25, -0.2) is 4.79 Å². The summed E-state index contributed by atoms with van der Waals surface area (Å²) in [7, 11) is 0. The van der Waals surface area contributed by atoms with Gasteiger partial charge in [-0.1, -0.05) is 23.7 Å². The van der Waals surface area contributed by atoms with Crippen LogP contribution in [-0.4, -0.2) is 21.7 Å². The standard InChI is InChI=1S/C20H10BrClF6N4O3/c21-15-14(30-18(35)31-16(33)12-3-1-2-4-13(12)22)8-29-32(17(15)34)11-6-9(19(23,24)25)5-10(7-11)20(26,27)28/h1-8H,(H2,30,31,33,35). The Morgan fingerprint density at radius 3 is 2.09 bits per heavy atom. The molecule has 0 radical (unpaired) electrons. The maximum absolute atomic E-state index is 13.1. The summed E-state index contributed by atoms with van der Waals surface area (Å²) in [5.74, 6) is -0.880. The lowest BCUT2D eigenvalue weighted by Gasteiger charge is -2.15.